The van der Waals surface area contributed by atoms with Crippen molar-refractivity contribution in [1.29, 1.82) is 0 Å². The van der Waals surface area contributed by atoms with Crippen LogP contribution in [0.5, 0.6) is 0 Å². The topological polar surface area (TPSA) is 55.1 Å². The van der Waals surface area contributed by atoms with E-state index < -0.39 is 0 Å². The first-order valence-corrected chi connectivity index (χ1v) is 6.37. The monoisotopic (exact) mass is 244 g/mol. The van der Waals surface area contributed by atoms with Crippen molar-refractivity contribution in [3.63, 3.8) is 0 Å². The van der Waals surface area contributed by atoms with Crippen LogP contribution in [0.4, 0.5) is 0 Å². The summed E-state index contributed by atoms with van der Waals surface area (Å²) in [6, 6.07) is 8.17. The van der Waals surface area contributed by atoms with Gasteiger partial charge in [-0.05, 0) is 31.4 Å². The molecule has 3 nitrogen and oxygen atoms in total. The first-order valence-electron chi connectivity index (χ1n) is 6.37. The number of benzene rings is 1. The average molecular weight is 244 g/mol. The number of hydrogen-bond acceptors (Lipinski definition) is 2. The van der Waals surface area contributed by atoms with Gasteiger partial charge in [0.1, 0.15) is 0 Å². The number of nitrogens with two attached hydrogens (primary N) is 1. The number of carbonyl (C=O) groups is 1. The second kappa shape index (κ2) is 5.36. The fourth-order valence-electron chi connectivity index (χ4n) is 2.39. The highest BCUT2D eigenvalue weighted by Gasteiger charge is 2.24. The van der Waals surface area contributed by atoms with Gasteiger partial charge in [-0.3, -0.25) is 4.79 Å². The molecule has 1 amide bonds. The highest BCUT2D eigenvalue weighted by atomic mass is 16.1. The summed E-state index contributed by atoms with van der Waals surface area (Å²) in [7, 11) is 0. The Morgan fingerprint density at radius 3 is 2.72 bits per heavy atom. The molecule has 1 aromatic rings. The lowest BCUT2D eigenvalue weighted by Crippen LogP contribution is -2.33. The normalized spacial score (nSPS) is 23.9. The van der Waals surface area contributed by atoms with Gasteiger partial charge < -0.3 is 11.1 Å². The van der Waals surface area contributed by atoms with E-state index in [0.29, 0.717) is 6.42 Å². The molecule has 1 aromatic carbocycles. The first kappa shape index (κ1) is 12.8. The maximum atomic E-state index is 12.1. The molecule has 0 saturated carbocycles. The van der Waals surface area contributed by atoms with Crippen LogP contribution in [-0.4, -0.2) is 11.9 Å². The minimum atomic E-state index is -0.0773. The summed E-state index contributed by atoms with van der Waals surface area (Å²) in [6.07, 6.45) is 4.53. The van der Waals surface area contributed by atoms with Crippen LogP contribution in [0.3, 0.4) is 0 Å². The predicted octanol–water partition coefficient (Wildman–Crippen LogP) is 2.08. The van der Waals surface area contributed by atoms with E-state index in [9.17, 15) is 4.79 Å². The van der Waals surface area contributed by atoms with E-state index in [1.165, 1.54) is 5.56 Å². The van der Waals surface area contributed by atoms with Crippen LogP contribution in [0.15, 0.2) is 36.4 Å². The van der Waals surface area contributed by atoms with Crippen molar-refractivity contribution >= 4 is 5.91 Å². The number of aryl methyl sites for hydroxylation is 1. The van der Waals surface area contributed by atoms with E-state index in [4.69, 9.17) is 5.73 Å². The summed E-state index contributed by atoms with van der Waals surface area (Å²) in [6.45, 7) is 4.07. The minimum absolute atomic E-state index is 0.0227. The third-order valence-electron chi connectivity index (χ3n) is 3.47. The van der Waals surface area contributed by atoms with Crippen LogP contribution in [-0.2, 0) is 4.79 Å². The van der Waals surface area contributed by atoms with Crippen LogP contribution in [0.25, 0.3) is 0 Å². The molecule has 0 aliphatic heterocycles. The lowest BCUT2D eigenvalue weighted by molar-refractivity contribution is -0.124. The molecule has 3 N–H and O–H groups in total. The largest absolute Gasteiger partial charge is 0.349 e. The van der Waals surface area contributed by atoms with E-state index in [0.717, 1.165) is 5.56 Å². The summed E-state index contributed by atoms with van der Waals surface area (Å²) in [4.78, 5) is 12.1. The maximum absolute atomic E-state index is 12.1. The molecular formula is C15H20N2O. The first-order chi connectivity index (χ1) is 8.58. The van der Waals surface area contributed by atoms with Crippen LogP contribution >= 0.6 is 0 Å². The zero-order valence-corrected chi connectivity index (χ0v) is 10.9. The Bertz CT molecular complexity index is 467. The highest BCUT2D eigenvalue weighted by Crippen LogP contribution is 2.20. The molecular weight excluding hydrogens is 224 g/mol. The van der Waals surface area contributed by atoms with E-state index in [1.54, 1.807) is 0 Å². The molecule has 2 unspecified atom stereocenters. The third kappa shape index (κ3) is 2.79. The Morgan fingerprint density at radius 1 is 1.39 bits per heavy atom. The van der Waals surface area contributed by atoms with E-state index in [2.05, 4.69) is 24.4 Å². The molecule has 3 atom stereocenters. The second-order valence-electron chi connectivity index (χ2n) is 4.98. The van der Waals surface area contributed by atoms with Crippen LogP contribution in [0.1, 0.15) is 30.5 Å². The van der Waals surface area contributed by atoms with Crippen molar-refractivity contribution in [2.45, 2.75) is 32.4 Å². The molecule has 0 heterocycles. The molecule has 0 saturated heterocycles. The SMILES string of the molecule is Cc1ccccc1[C@H](C)NC(=O)C1C=CC(N)C1. The van der Waals surface area contributed by atoms with Crippen molar-refractivity contribution < 1.29 is 4.79 Å². The molecule has 0 spiro atoms. The lowest BCUT2D eigenvalue weighted by Gasteiger charge is -2.18. The fraction of sp³-hybridized carbons (Fsp3) is 0.400. The zero-order valence-electron chi connectivity index (χ0n) is 10.9. The standard InChI is InChI=1S/C15H20N2O/c1-10-5-3-4-6-14(10)11(2)17-15(18)12-7-8-13(16)9-12/h3-8,11-13H,9,16H2,1-2H3,(H,17,18)/t11-,12?,13?/m0/s1. The van der Waals surface area contributed by atoms with Crippen molar-refractivity contribution in [3.8, 4) is 0 Å². The molecule has 0 radical (unpaired) electrons. The Labute approximate surface area is 108 Å². The van der Waals surface area contributed by atoms with Crippen LogP contribution < -0.4 is 11.1 Å². The molecule has 1 aliphatic rings. The molecule has 0 fully saturated rings. The van der Waals surface area contributed by atoms with Crippen LogP contribution in [0.2, 0.25) is 0 Å². The number of rotatable bonds is 3. The Balaban J connectivity index is 2.00. The molecule has 18 heavy (non-hydrogen) atoms. The number of nitrogens with one attached hydrogen (secondary N) is 1. The van der Waals surface area contributed by atoms with Gasteiger partial charge >= 0.3 is 0 Å². The molecule has 0 bridgehead atoms. The second-order valence-corrected chi connectivity index (χ2v) is 4.98. The van der Waals surface area contributed by atoms with Crippen molar-refractivity contribution in [1.82, 2.24) is 5.32 Å². The van der Waals surface area contributed by atoms with Crippen molar-refractivity contribution in [3.05, 3.63) is 47.5 Å². The van der Waals surface area contributed by atoms with Gasteiger partial charge in [-0.1, -0.05) is 36.4 Å². The molecule has 2 rings (SSSR count). The minimum Gasteiger partial charge on any atom is -0.349 e. The van der Waals surface area contributed by atoms with Gasteiger partial charge in [-0.15, -0.1) is 0 Å². The Hall–Kier alpha value is -1.61. The van der Waals surface area contributed by atoms with Gasteiger partial charge in [0.2, 0.25) is 5.91 Å². The summed E-state index contributed by atoms with van der Waals surface area (Å²) in [5, 5.41) is 3.05. The summed E-state index contributed by atoms with van der Waals surface area (Å²) in [5.74, 6) is -0.0126. The maximum Gasteiger partial charge on any atom is 0.227 e. The highest BCUT2D eigenvalue weighted by molar-refractivity contribution is 5.81. The van der Waals surface area contributed by atoms with Gasteiger partial charge in [0.05, 0.1) is 12.0 Å². The third-order valence-corrected chi connectivity index (χ3v) is 3.47. The molecule has 3 heteroatoms. The summed E-state index contributed by atoms with van der Waals surface area (Å²) in [5.41, 5.74) is 8.12. The smallest absolute Gasteiger partial charge is 0.227 e. The van der Waals surface area contributed by atoms with E-state index in [1.807, 2.05) is 31.2 Å². The van der Waals surface area contributed by atoms with Gasteiger partial charge in [0, 0.05) is 6.04 Å². The number of carbonyl (C=O) groups excluding carboxylic acids is 1. The lowest BCUT2D eigenvalue weighted by atomic mass is 10.0. The average Bonchev–Trinajstić information content (AvgIpc) is 2.76. The van der Waals surface area contributed by atoms with Gasteiger partial charge in [-0.25, -0.2) is 0 Å². The number of hydrogen-bond donors (Lipinski definition) is 2. The Kier molecular flexibility index (Phi) is 3.82. The predicted molar refractivity (Wildman–Crippen MR) is 73.0 cm³/mol. The quantitative estimate of drug-likeness (QED) is 0.800. The van der Waals surface area contributed by atoms with Crippen molar-refractivity contribution in [2.75, 3.05) is 0 Å². The Morgan fingerprint density at radius 2 is 2.11 bits per heavy atom. The van der Waals surface area contributed by atoms with Gasteiger partial charge in [0.15, 0.2) is 0 Å². The summed E-state index contributed by atoms with van der Waals surface area (Å²) < 4.78 is 0. The van der Waals surface area contributed by atoms with Crippen LogP contribution in [0, 0.1) is 12.8 Å². The van der Waals surface area contributed by atoms with Gasteiger partial charge in [-0.2, -0.15) is 0 Å². The molecule has 1 aliphatic carbocycles. The molecule has 0 aromatic heterocycles. The van der Waals surface area contributed by atoms with E-state index in [-0.39, 0.29) is 23.9 Å². The zero-order chi connectivity index (χ0) is 13.1. The van der Waals surface area contributed by atoms with E-state index >= 15 is 0 Å². The fourth-order valence-corrected chi connectivity index (χ4v) is 2.39. The molecule has 96 valence electrons. The summed E-state index contributed by atoms with van der Waals surface area (Å²) >= 11 is 0. The van der Waals surface area contributed by atoms with Crippen molar-refractivity contribution in [2.24, 2.45) is 11.7 Å². The number of amides is 1. The van der Waals surface area contributed by atoms with Gasteiger partial charge in [0.25, 0.3) is 0 Å².